The van der Waals surface area contributed by atoms with Gasteiger partial charge in [-0.2, -0.15) is 13.2 Å². The monoisotopic (exact) mass is 294 g/mol. The van der Waals surface area contributed by atoms with Gasteiger partial charge in [0.15, 0.2) is 11.7 Å². The molecule has 1 aliphatic rings. The fourth-order valence-electron chi connectivity index (χ4n) is 2.56. The van der Waals surface area contributed by atoms with Crippen LogP contribution in [0.25, 0.3) is 0 Å². The molecule has 0 fully saturated rings. The Kier molecular flexibility index (Phi) is 4.17. The molecule has 2 N–H and O–H groups in total. The van der Waals surface area contributed by atoms with Crippen LogP contribution in [0.2, 0.25) is 0 Å². The number of hydrogen-bond donors (Lipinski definition) is 1. The van der Waals surface area contributed by atoms with Crippen molar-refractivity contribution in [3.05, 3.63) is 21.4 Å². The first kappa shape index (κ1) is 16.5. The lowest BCUT2D eigenvalue weighted by Crippen LogP contribution is -2.44. The van der Waals surface area contributed by atoms with Crippen molar-refractivity contribution in [3.63, 3.8) is 0 Å². The van der Waals surface area contributed by atoms with Crippen LogP contribution in [0.3, 0.4) is 0 Å². The van der Waals surface area contributed by atoms with Crippen LogP contribution in [0.15, 0.2) is 11.3 Å². The normalized spacial score (nSPS) is 22.6. The molecule has 2 atom stereocenters. The van der Waals surface area contributed by atoms with E-state index in [-0.39, 0.29) is 18.5 Å². The molecule has 5 nitrogen and oxygen atoms in total. The topological polar surface area (TPSA) is 86.2 Å². The molecule has 8 heteroatoms. The van der Waals surface area contributed by atoms with Gasteiger partial charge >= 0.3 is 6.18 Å². The number of hydrogen-bond acceptors (Lipinski definition) is 4. The SMILES string of the molecule is CC(C(C1=C(N)CC(C)(C)CC1=O)C(F)(F)F)[N+](=O)[O-]. The second-order valence-electron chi connectivity index (χ2n) is 5.93. The lowest BCUT2D eigenvalue weighted by atomic mass is 9.72. The van der Waals surface area contributed by atoms with Crippen molar-refractivity contribution >= 4 is 5.78 Å². The van der Waals surface area contributed by atoms with E-state index in [1.54, 1.807) is 13.8 Å². The Morgan fingerprint density at radius 2 is 1.85 bits per heavy atom. The van der Waals surface area contributed by atoms with Crippen LogP contribution in [-0.4, -0.2) is 22.9 Å². The van der Waals surface area contributed by atoms with E-state index in [9.17, 15) is 28.1 Å². The first-order chi connectivity index (χ1) is 8.87. The third kappa shape index (κ3) is 3.29. The Hall–Kier alpha value is -1.60. The van der Waals surface area contributed by atoms with E-state index in [1.165, 1.54) is 0 Å². The Morgan fingerprint density at radius 1 is 1.35 bits per heavy atom. The number of Topliss-reactive ketones (excluding diaryl/α,β-unsaturated/α-hetero) is 1. The van der Waals surface area contributed by atoms with E-state index in [2.05, 4.69) is 0 Å². The number of rotatable bonds is 3. The fourth-order valence-corrected chi connectivity index (χ4v) is 2.56. The van der Waals surface area contributed by atoms with Crippen molar-refractivity contribution < 1.29 is 22.9 Å². The quantitative estimate of drug-likeness (QED) is 0.639. The predicted octanol–water partition coefficient (Wildman–Crippen LogP) is 2.43. The standard InChI is InChI=1S/C12H17F3N2O3/c1-6(17(19)20)10(12(13,14)15)9-7(16)4-11(2,3)5-8(9)18/h6,10H,4-5,16H2,1-3H3. The van der Waals surface area contributed by atoms with Crippen molar-refractivity contribution in [2.75, 3.05) is 0 Å². The highest BCUT2D eigenvalue weighted by Gasteiger charge is 2.54. The largest absolute Gasteiger partial charge is 0.402 e. The molecule has 0 aromatic carbocycles. The molecule has 0 aromatic rings. The van der Waals surface area contributed by atoms with E-state index in [1.807, 2.05) is 0 Å². The molecule has 0 saturated carbocycles. The Labute approximate surface area is 114 Å². The molecule has 0 aliphatic heterocycles. The summed E-state index contributed by atoms with van der Waals surface area (Å²) >= 11 is 0. The van der Waals surface area contributed by atoms with Gasteiger partial charge < -0.3 is 5.73 Å². The van der Waals surface area contributed by atoms with Gasteiger partial charge in [-0.25, -0.2) is 0 Å². The summed E-state index contributed by atoms with van der Waals surface area (Å²) in [6, 6.07) is -1.95. The van der Waals surface area contributed by atoms with Crippen LogP contribution in [-0.2, 0) is 4.79 Å². The van der Waals surface area contributed by atoms with Crippen LogP contribution in [0.4, 0.5) is 13.2 Å². The summed E-state index contributed by atoms with van der Waals surface area (Å²) in [5.74, 6) is -3.21. The molecular formula is C12H17F3N2O3. The summed E-state index contributed by atoms with van der Waals surface area (Å²) in [6.45, 7) is 4.27. The maximum Gasteiger partial charge on any atom is 0.402 e. The minimum atomic E-state index is -4.89. The summed E-state index contributed by atoms with van der Waals surface area (Å²) in [5, 5.41) is 10.7. The zero-order chi connectivity index (χ0) is 15.9. The molecule has 1 rings (SSSR count). The van der Waals surface area contributed by atoms with Crippen molar-refractivity contribution in [2.24, 2.45) is 17.1 Å². The number of halogens is 3. The molecule has 0 spiro atoms. The van der Waals surface area contributed by atoms with Crippen LogP contribution < -0.4 is 5.73 Å². The van der Waals surface area contributed by atoms with Gasteiger partial charge in [-0.05, 0) is 11.8 Å². The number of nitro groups is 1. The summed E-state index contributed by atoms with van der Waals surface area (Å²) < 4.78 is 39.3. The molecule has 20 heavy (non-hydrogen) atoms. The van der Waals surface area contributed by atoms with Gasteiger partial charge in [0.05, 0.1) is 0 Å². The van der Waals surface area contributed by atoms with E-state index in [0.29, 0.717) is 0 Å². The van der Waals surface area contributed by atoms with Gasteiger partial charge in [-0.3, -0.25) is 14.9 Å². The van der Waals surface area contributed by atoms with Gasteiger partial charge in [0.25, 0.3) is 0 Å². The molecule has 0 radical (unpaired) electrons. The fraction of sp³-hybridized carbons (Fsp3) is 0.750. The van der Waals surface area contributed by atoms with Crippen LogP contribution >= 0.6 is 0 Å². The number of carbonyl (C=O) groups excluding carboxylic acids is 1. The number of allylic oxidation sites excluding steroid dienone is 1. The maximum absolute atomic E-state index is 13.1. The first-order valence-corrected chi connectivity index (χ1v) is 6.09. The van der Waals surface area contributed by atoms with E-state index in [4.69, 9.17) is 5.73 Å². The van der Waals surface area contributed by atoms with E-state index < -0.39 is 39.8 Å². The van der Waals surface area contributed by atoms with Crippen LogP contribution in [0.5, 0.6) is 0 Å². The molecule has 0 heterocycles. The lowest BCUT2D eigenvalue weighted by Gasteiger charge is -2.34. The van der Waals surface area contributed by atoms with Crippen LogP contribution in [0, 0.1) is 21.4 Å². The minimum absolute atomic E-state index is 0.0972. The van der Waals surface area contributed by atoms with E-state index in [0.717, 1.165) is 6.92 Å². The molecule has 1 aliphatic carbocycles. The lowest BCUT2D eigenvalue weighted by molar-refractivity contribution is -0.534. The van der Waals surface area contributed by atoms with Crippen molar-refractivity contribution in [3.8, 4) is 0 Å². The molecule has 114 valence electrons. The number of carbonyl (C=O) groups is 1. The average Bonchev–Trinajstić information content (AvgIpc) is 2.18. The predicted molar refractivity (Wildman–Crippen MR) is 65.2 cm³/mol. The highest BCUT2D eigenvalue weighted by atomic mass is 19.4. The zero-order valence-electron chi connectivity index (χ0n) is 11.5. The average molecular weight is 294 g/mol. The van der Waals surface area contributed by atoms with Crippen molar-refractivity contribution in [1.82, 2.24) is 0 Å². The number of alkyl halides is 3. The van der Waals surface area contributed by atoms with Gasteiger partial charge in [0.2, 0.25) is 6.04 Å². The summed E-state index contributed by atoms with van der Waals surface area (Å²) in [4.78, 5) is 21.6. The number of nitrogens with two attached hydrogens (primary N) is 1. The summed E-state index contributed by atoms with van der Waals surface area (Å²) in [5.41, 5.74) is 4.26. The second-order valence-corrected chi connectivity index (χ2v) is 5.93. The third-order valence-corrected chi connectivity index (χ3v) is 3.43. The minimum Gasteiger partial charge on any atom is -0.402 e. The third-order valence-electron chi connectivity index (χ3n) is 3.43. The Balaban J connectivity index is 3.34. The maximum atomic E-state index is 13.1. The number of ketones is 1. The van der Waals surface area contributed by atoms with Gasteiger partial charge in [0, 0.05) is 29.5 Å². The Bertz CT molecular complexity index is 469. The van der Waals surface area contributed by atoms with Crippen molar-refractivity contribution in [1.29, 1.82) is 0 Å². The van der Waals surface area contributed by atoms with E-state index >= 15 is 0 Å². The smallest absolute Gasteiger partial charge is 0.402 e. The molecular weight excluding hydrogens is 277 g/mol. The van der Waals surface area contributed by atoms with Crippen LogP contribution in [0.1, 0.15) is 33.6 Å². The summed E-state index contributed by atoms with van der Waals surface area (Å²) in [7, 11) is 0. The Morgan fingerprint density at radius 3 is 2.20 bits per heavy atom. The molecule has 0 aromatic heterocycles. The molecule has 0 bridgehead atoms. The zero-order valence-corrected chi connectivity index (χ0v) is 11.5. The van der Waals surface area contributed by atoms with Gasteiger partial charge in [-0.1, -0.05) is 13.8 Å². The molecule has 0 amide bonds. The second kappa shape index (κ2) is 5.06. The highest BCUT2D eigenvalue weighted by Crippen LogP contribution is 2.43. The first-order valence-electron chi connectivity index (χ1n) is 6.09. The molecule has 2 unspecified atom stereocenters. The summed E-state index contributed by atoms with van der Waals surface area (Å²) in [6.07, 6.45) is -4.87. The number of nitrogens with zero attached hydrogens (tertiary/aromatic N) is 1. The van der Waals surface area contributed by atoms with Gasteiger partial charge in [0.1, 0.15) is 0 Å². The van der Waals surface area contributed by atoms with Gasteiger partial charge in [-0.15, -0.1) is 0 Å². The van der Waals surface area contributed by atoms with Crippen molar-refractivity contribution in [2.45, 2.75) is 45.8 Å². The highest BCUT2D eigenvalue weighted by molar-refractivity contribution is 5.98. The molecule has 0 saturated heterocycles.